The van der Waals surface area contributed by atoms with E-state index in [0.29, 0.717) is 29.6 Å². The lowest BCUT2D eigenvalue weighted by Gasteiger charge is -2.21. The molecule has 1 rings (SSSR count). The molecule has 102 valence electrons. The zero-order valence-corrected chi connectivity index (χ0v) is 11.8. The summed E-state index contributed by atoms with van der Waals surface area (Å²) in [6, 6.07) is 0. The zero-order chi connectivity index (χ0) is 13.9. The number of aromatic nitrogens is 2. The van der Waals surface area contributed by atoms with Crippen LogP contribution >= 0.6 is 0 Å². The molecule has 6 nitrogen and oxygen atoms in total. The average Bonchev–Trinajstić information content (AvgIpc) is 2.52. The summed E-state index contributed by atoms with van der Waals surface area (Å²) in [5.74, 6) is 0.876. The molecule has 0 amide bonds. The van der Waals surface area contributed by atoms with Crippen molar-refractivity contribution >= 4 is 11.5 Å². The SMILES string of the molecule is CCCN=C(N)c1nn(C)c(OC(C)(C)C)c1N. The van der Waals surface area contributed by atoms with Gasteiger partial charge in [-0.05, 0) is 27.2 Å². The van der Waals surface area contributed by atoms with Crippen molar-refractivity contribution in [2.45, 2.75) is 39.7 Å². The van der Waals surface area contributed by atoms with Gasteiger partial charge in [-0.15, -0.1) is 0 Å². The van der Waals surface area contributed by atoms with Gasteiger partial charge in [-0.1, -0.05) is 6.92 Å². The quantitative estimate of drug-likeness (QED) is 0.625. The summed E-state index contributed by atoms with van der Waals surface area (Å²) in [7, 11) is 1.77. The summed E-state index contributed by atoms with van der Waals surface area (Å²) in [5, 5.41) is 4.26. The predicted octanol–water partition coefficient (Wildman–Crippen LogP) is 1.29. The van der Waals surface area contributed by atoms with Crippen LogP contribution in [0, 0.1) is 0 Å². The number of anilines is 1. The number of ether oxygens (including phenoxy) is 1. The van der Waals surface area contributed by atoms with Crippen LogP contribution in [0.2, 0.25) is 0 Å². The minimum Gasteiger partial charge on any atom is -0.471 e. The third-order valence-corrected chi connectivity index (χ3v) is 2.18. The van der Waals surface area contributed by atoms with Crippen LogP contribution in [-0.2, 0) is 7.05 Å². The Morgan fingerprint density at radius 2 is 2.06 bits per heavy atom. The van der Waals surface area contributed by atoms with Crippen molar-refractivity contribution in [1.82, 2.24) is 9.78 Å². The van der Waals surface area contributed by atoms with Gasteiger partial charge in [-0.2, -0.15) is 5.10 Å². The minimum atomic E-state index is -0.339. The largest absolute Gasteiger partial charge is 0.471 e. The van der Waals surface area contributed by atoms with E-state index in [1.807, 2.05) is 27.7 Å². The maximum atomic E-state index is 6.01. The summed E-state index contributed by atoms with van der Waals surface area (Å²) in [6.07, 6.45) is 0.929. The molecule has 0 saturated heterocycles. The lowest BCUT2D eigenvalue weighted by Crippen LogP contribution is -2.24. The molecule has 0 radical (unpaired) electrons. The van der Waals surface area contributed by atoms with Crippen LogP contribution in [-0.4, -0.2) is 27.8 Å². The van der Waals surface area contributed by atoms with Crippen LogP contribution in [0.25, 0.3) is 0 Å². The molecule has 0 aliphatic rings. The van der Waals surface area contributed by atoms with E-state index in [-0.39, 0.29) is 5.60 Å². The highest BCUT2D eigenvalue weighted by Gasteiger charge is 2.22. The fourth-order valence-corrected chi connectivity index (χ4v) is 1.43. The van der Waals surface area contributed by atoms with Crippen LogP contribution in [0.1, 0.15) is 39.8 Å². The molecule has 0 aromatic carbocycles. The van der Waals surface area contributed by atoms with Crippen LogP contribution in [0.3, 0.4) is 0 Å². The summed E-state index contributed by atoms with van der Waals surface area (Å²) in [4.78, 5) is 4.21. The maximum Gasteiger partial charge on any atom is 0.236 e. The van der Waals surface area contributed by atoms with E-state index in [4.69, 9.17) is 16.2 Å². The van der Waals surface area contributed by atoms with Crippen LogP contribution in [0.4, 0.5) is 5.69 Å². The molecular formula is C12H23N5O. The molecule has 0 bridgehead atoms. The summed E-state index contributed by atoms with van der Waals surface area (Å²) < 4.78 is 7.35. The Morgan fingerprint density at radius 1 is 1.44 bits per heavy atom. The van der Waals surface area contributed by atoms with Gasteiger partial charge in [0.1, 0.15) is 17.1 Å². The van der Waals surface area contributed by atoms with Crippen LogP contribution in [0.5, 0.6) is 5.88 Å². The Kier molecular flexibility index (Phi) is 4.21. The molecular weight excluding hydrogens is 230 g/mol. The first kappa shape index (κ1) is 14.3. The average molecular weight is 253 g/mol. The van der Waals surface area contributed by atoms with Gasteiger partial charge in [-0.3, -0.25) is 4.99 Å². The normalized spacial score (nSPS) is 12.8. The molecule has 1 aromatic heterocycles. The Labute approximate surface area is 108 Å². The number of aryl methyl sites for hydroxylation is 1. The number of hydrogen-bond acceptors (Lipinski definition) is 4. The minimum absolute atomic E-state index is 0.339. The van der Waals surface area contributed by atoms with Crippen molar-refractivity contribution in [2.24, 2.45) is 17.8 Å². The highest BCUT2D eigenvalue weighted by atomic mass is 16.5. The number of amidine groups is 1. The fourth-order valence-electron chi connectivity index (χ4n) is 1.43. The third kappa shape index (κ3) is 3.38. The Morgan fingerprint density at radius 3 is 2.56 bits per heavy atom. The molecule has 0 aliphatic heterocycles. The Hall–Kier alpha value is -1.72. The summed E-state index contributed by atoms with van der Waals surface area (Å²) in [6.45, 7) is 8.55. The van der Waals surface area contributed by atoms with E-state index in [9.17, 15) is 0 Å². The second-order valence-electron chi connectivity index (χ2n) is 5.17. The first-order chi connectivity index (χ1) is 8.26. The highest BCUT2D eigenvalue weighted by molar-refractivity contribution is 6.01. The smallest absolute Gasteiger partial charge is 0.236 e. The van der Waals surface area contributed by atoms with Gasteiger partial charge in [0.2, 0.25) is 5.88 Å². The van der Waals surface area contributed by atoms with Crippen molar-refractivity contribution in [1.29, 1.82) is 0 Å². The van der Waals surface area contributed by atoms with E-state index < -0.39 is 0 Å². The first-order valence-electron chi connectivity index (χ1n) is 6.08. The number of nitrogens with zero attached hydrogens (tertiary/aromatic N) is 3. The zero-order valence-electron chi connectivity index (χ0n) is 11.8. The third-order valence-electron chi connectivity index (χ3n) is 2.18. The topological polar surface area (TPSA) is 91.4 Å². The number of rotatable bonds is 4. The molecule has 6 heteroatoms. The second kappa shape index (κ2) is 5.29. The van der Waals surface area contributed by atoms with Gasteiger partial charge >= 0.3 is 0 Å². The molecule has 1 aromatic rings. The molecule has 0 fully saturated rings. The second-order valence-corrected chi connectivity index (χ2v) is 5.17. The molecule has 0 spiro atoms. The van der Waals surface area contributed by atoms with Gasteiger partial charge < -0.3 is 16.2 Å². The van der Waals surface area contributed by atoms with Gasteiger partial charge in [0.25, 0.3) is 0 Å². The monoisotopic (exact) mass is 253 g/mol. The Bertz CT molecular complexity index is 442. The number of nitrogen functional groups attached to an aromatic ring is 1. The van der Waals surface area contributed by atoms with Crippen LogP contribution < -0.4 is 16.2 Å². The van der Waals surface area contributed by atoms with Crippen molar-refractivity contribution in [2.75, 3.05) is 12.3 Å². The first-order valence-corrected chi connectivity index (χ1v) is 6.08. The highest BCUT2D eigenvalue weighted by Crippen LogP contribution is 2.27. The summed E-state index contributed by atoms with van der Waals surface area (Å²) >= 11 is 0. The van der Waals surface area contributed by atoms with Crippen LogP contribution in [0.15, 0.2) is 4.99 Å². The number of nitrogens with two attached hydrogens (primary N) is 2. The van der Waals surface area contributed by atoms with Crippen molar-refractivity contribution in [3.8, 4) is 5.88 Å². The maximum absolute atomic E-state index is 6.01. The van der Waals surface area contributed by atoms with Gasteiger partial charge in [0.15, 0.2) is 5.69 Å². The van der Waals surface area contributed by atoms with E-state index in [1.54, 1.807) is 11.7 Å². The predicted molar refractivity (Wildman–Crippen MR) is 73.9 cm³/mol. The van der Waals surface area contributed by atoms with Gasteiger partial charge in [-0.25, -0.2) is 4.68 Å². The fraction of sp³-hybridized carbons (Fsp3) is 0.667. The summed E-state index contributed by atoms with van der Waals surface area (Å²) in [5.41, 5.74) is 12.5. The molecule has 1 heterocycles. The number of aliphatic imine (C=N–C) groups is 1. The van der Waals surface area contributed by atoms with Crippen molar-refractivity contribution in [3.63, 3.8) is 0 Å². The molecule has 4 N–H and O–H groups in total. The van der Waals surface area contributed by atoms with E-state index in [0.717, 1.165) is 6.42 Å². The standard InChI is InChI=1S/C12H23N5O/c1-6-7-15-10(14)9-8(13)11(17(5)16-9)18-12(2,3)4/h6-7,13H2,1-5H3,(H2,14,15). The molecule has 0 unspecified atom stereocenters. The van der Waals surface area contributed by atoms with E-state index >= 15 is 0 Å². The molecule has 0 atom stereocenters. The molecule has 0 saturated carbocycles. The van der Waals surface area contributed by atoms with E-state index in [1.165, 1.54) is 0 Å². The molecule has 18 heavy (non-hydrogen) atoms. The lowest BCUT2D eigenvalue weighted by atomic mass is 10.2. The van der Waals surface area contributed by atoms with Crippen molar-refractivity contribution < 1.29 is 4.74 Å². The van der Waals surface area contributed by atoms with Gasteiger partial charge in [0.05, 0.1) is 0 Å². The van der Waals surface area contributed by atoms with Gasteiger partial charge in [0, 0.05) is 13.6 Å². The lowest BCUT2D eigenvalue weighted by molar-refractivity contribution is 0.118. The Balaban J connectivity index is 3.08. The number of hydrogen-bond donors (Lipinski definition) is 2. The van der Waals surface area contributed by atoms with Crippen molar-refractivity contribution in [3.05, 3.63) is 5.69 Å². The molecule has 0 aliphatic carbocycles. The van der Waals surface area contributed by atoms with E-state index in [2.05, 4.69) is 10.1 Å².